The van der Waals surface area contributed by atoms with Crippen molar-refractivity contribution < 1.29 is 9.53 Å². The first-order valence-electron chi connectivity index (χ1n) is 7.96. The van der Waals surface area contributed by atoms with E-state index in [0.29, 0.717) is 0 Å². The fourth-order valence-corrected chi connectivity index (χ4v) is 2.52. The van der Waals surface area contributed by atoms with E-state index in [1.54, 1.807) is 6.92 Å². The van der Waals surface area contributed by atoms with Gasteiger partial charge in [-0.05, 0) is 51.3 Å². The molecule has 0 radical (unpaired) electrons. The minimum atomic E-state index is -0.536. The van der Waals surface area contributed by atoms with Crippen LogP contribution in [0.25, 0.3) is 0 Å². The molecule has 0 aliphatic heterocycles. The Morgan fingerprint density at radius 3 is 2.35 bits per heavy atom. The van der Waals surface area contributed by atoms with Crippen LogP contribution in [0.15, 0.2) is 54.6 Å². The number of carbonyl (C=O) groups is 1. The number of hydrogen-bond donors (Lipinski definition) is 1. The average molecular weight is 311 g/mol. The van der Waals surface area contributed by atoms with Crippen molar-refractivity contribution in [1.29, 1.82) is 0 Å². The van der Waals surface area contributed by atoms with E-state index in [9.17, 15) is 4.79 Å². The van der Waals surface area contributed by atoms with E-state index in [2.05, 4.69) is 17.4 Å². The molecule has 0 fully saturated rings. The van der Waals surface area contributed by atoms with Crippen LogP contribution < -0.4 is 10.1 Å². The van der Waals surface area contributed by atoms with Gasteiger partial charge in [0.15, 0.2) is 6.10 Å². The van der Waals surface area contributed by atoms with Crippen molar-refractivity contribution in [2.45, 2.75) is 45.8 Å². The highest BCUT2D eigenvalue weighted by atomic mass is 16.5. The smallest absolute Gasteiger partial charge is 0.261 e. The molecule has 2 rings (SSSR count). The summed E-state index contributed by atoms with van der Waals surface area (Å²) in [7, 11) is 0. The van der Waals surface area contributed by atoms with Gasteiger partial charge in [0.2, 0.25) is 0 Å². The molecule has 3 heteroatoms. The highest BCUT2D eigenvalue weighted by molar-refractivity contribution is 5.81. The Bertz CT molecular complexity index is 650. The number of aryl methyl sites for hydroxylation is 1. The monoisotopic (exact) mass is 311 g/mol. The van der Waals surface area contributed by atoms with Crippen molar-refractivity contribution in [3.8, 4) is 5.75 Å². The van der Waals surface area contributed by atoms with Crippen LogP contribution in [0.4, 0.5) is 0 Å². The molecule has 2 aromatic rings. The number of para-hydroxylation sites is 1. The molecule has 0 heterocycles. The molecule has 0 spiro atoms. The van der Waals surface area contributed by atoms with E-state index >= 15 is 0 Å². The Hall–Kier alpha value is -2.29. The van der Waals surface area contributed by atoms with Crippen molar-refractivity contribution in [1.82, 2.24) is 5.32 Å². The molecule has 1 N–H and O–H groups in total. The minimum absolute atomic E-state index is 0.103. The Balaban J connectivity index is 1.96. The highest BCUT2D eigenvalue weighted by Crippen LogP contribution is 2.18. The first-order chi connectivity index (χ1) is 10.9. The fourth-order valence-electron chi connectivity index (χ4n) is 2.52. The molecule has 0 aliphatic rings. The maximum atomic E-state index is 12.4. The van der Waals surface area contributed by atoms with Crippen LogP contribution in [0, 0.1) is 6.92 Å². The molecular weight excluding hydrogens is 286 g/mol. The molecule has 0 saturated carbocycles. The Kier molecular flexibility index (Phi) is 5.43. The molecule has 2 aromatic carbocycles. The number of amides is 1. The normalized spacial score (nSPS) is 12.5. The molecule has 1 atom stereocenters. The van der Waals surface area contributed by atoms with Gasteiger partial charge in [0.25, 0.3) is 5.91 Å². The lowest BCUT2D eigenvalue weighted by atomic mass is 9.94. The number of carbonyl (C=O) groups excluding carboxylic acids is 1. The van der Waals surface area contributed by atoms with Crippen molar-refractivity contribution >= 4 is 5.91 Å². The van der Waals surface area contributed by atoms with Crippen molar-refractivity contribution in [2.24, 2.45) is 0 Å². The summed E-state index contributed by atoms with van der Waals surface area (Å²) < 4.78 is 5.79. The number of ether oxygens (including phenoxy) is 1. The Labute approximate surface area is 138 Å². The zero-order valence-electron chi connectivity index (χ0n) is 14.3. The summed E-state index contributed by atoms with van der Waals surface area (Å²) in [5.74, 6) is 0.644. The van der Waals surface area contributed by atoms with Gasteiger partial charge in [-0.3, -0.25) is 4.79 Å². The topological polar surface area (TPSA) is 38.3 Å². The third-order valence-electron chi connectivity index (χ3n) is 3.72. The van der Waals surface area contributed by atoms with E-state index in [1.165, 1.54) is 5.56 Å². The molecule has 1 amide bonds. The first-order valence-corrected chi connectivity index (χ1v) is 7.96. The van der Waals surface area contributed by atoms with Gasteiger partial charge < -0.3 is 10.1 Å². The highest BCUT2D eigenvalue weighted by Gasteiger charge is 2.25. The summed E-state index contributed by atoms with van der Waals surface area (Å²) in [6.07, 6.45) is 0.238. The number of benzene rings is 2. The largest absolute Gasteiger partial charge is 0.481 e. The minimum Gasteiger partial charge on any atom is -0.481 e. The summed E-state index contributed by atoms with van der Waals surface area (Å²) in [5, 5.41) is 3.08. The Morgan fingerprint density at radius 1 is 1.09 bits per heavy atom. The predicted octanol–water partition coefficient (Wildman–Crippen LogP) is 3.90. The molecule has 0 aliphatic carbocycles. The third-order valence-corrected chi connectivity index (χ3v) is 3.72. The fraction of sp³-hybridized carbons (Fsp3) is 0.350. The van der Waals surface area contributed by atoms with E-state index in [4.69, 9.17) is 4.74 Å². The SMILES string of the molecule is Cc1ccccc1OC(C)C(=O)NC(C)(C)Cc1ccccc1. The van der Waals surface area contributed by atoms with Gasteiger partial charge in [-0.15, -0.1) is 0 Å². The number of rotatable bonds is 6. The Morgan fingerprint density at radius 2 is 1.70 bits per heavy atom. The maximum absolute atomic E-state index is 12.4. The van der Waals surface area contributed by atoms with Gasteiger partial charge in [0.1, 0.15) is 5.75 Å². The third kappa shape index (κ3) is 5.13. The van der Waals surface area contributed by atoms with Crippen LogP contribution in [0.3, 0.4) is 0 Å². The number of hydrogen-bond acceptors (Lipinski definition) is 2. The second-order valence-corrected chi connectivity index (χ2v) is 6.56. The van der Waals surface area contributed by atoms with Crippen LogP contribution >= 0.6 is 0 Å². The summed E-state index contributed by atoms with van der Waals surface area (Å²) >= 11 is 0. The van der Waals surface area contributed by atoms with Crippen LogP contribution in [-0.2, 0) is 11.2 Å². The second kappa shape index (κ2) is 7.32. The van der Waals surface area contributed by atoms with Gasteiger partial charge in [-0.2, -0.15) is 0 Å². The molecule has 3 nitrogen and oxygen atoms in total. The molecular formula is C20H25NO2. The summed E-state index contributed by atoms with van der Waals surface area (Å²) in [5.41, 5.74) is 1.89. The van der Waals surface area contributed by atoms with Gasteiger partial charge >= 0.3 is 0 Å². The van der Waals surface area contributed by atoms with Crippen molar-refractivity contribution in [3.05, 3.63) is 65.7 Å². The summed E-state index contributed by atoms with van der Waals surface area (Å²) in [6, 6.07) is 17.9. The van der Waals surface area contributed by atoms with Crippen molar-refractivity contribution in [3.63, 3.8) is 0 Å². The van der Waals surface area contributed by atoms with Gasteiger partial charge in [-0.25, -0.2) is 0 Å². The maximum Gasteiger partial charge on any atom is 0.261 e. The molecule has 0 saturated heterocycles. The van der Waals surface area contributed by atoms with E-state index in [0.717, 1.165) is 17.7 Å². The van der Waals surface area contributed by atoms with Crippen LogP contribution in [0.1, 0.15) is 31.9 Å². The lowest BCUT2D eigenvalue weighted by molar-refractivity contribution is -0.128. The lowest BCUT2D eigenvalue weighted by Crippen LogP contribution is -2.49. The van der Waals surface area contributed by atoms with Crippen LogP contribution in [0.2, 0.25) is 0 Å². The quantitative estimate of drug-likeness (QED) is 0.878. The molecule has 122 valence electrons. The summed E-state index contributed by atoms with van der Waals surface area (Å²) in [4.78, 5) is 12.4. The standard InChI is InChI=1S/C20H25NO2/c1-15-10-8-9-13-18(15)23-16(2)19(22)21-20(3,4)14-17-11-6-5-7-12-17/h5-13,16H,14H2,1-4H3,(H,21,22). The second-order valence-electron chi connectivity index (χ2n) is 6.56. The first kappa shape index (κ1) is 17.1. The zero-order valence-corrected chi connectivity index (χ0v) is 14.3. The van der Waals surface area contributed by atoms with Gasteiger partial charge in [-0.1, -0.05) is 48.5 Å². The molecule has 0 bridgehead atoms. The predicted molar refractivity (Wildman–Crippen MR) is 93.6 cm³/mol. The average Bonchev–Trinajstić information content (AvgIpc) is 2.49. The van der Waals surface area contributed by atoms with E-state index in [1.807, 2.05) is 63.2 Å². The zero-order chi connectivity index (χ0) is 16.9. The molecule has 23 heavy (non-hydrogen) atoms. The van der Waals surface area contributed by atoms with E-state index in [-0.39, 0.29) is 11.4 Å². The summed E-state index contributed by atoms with van der Waals surface area (Å²) in [6.45, 7) is 7.80. The lowest BCUT2D eigenvalue weighted by Gasteiger charge is -2.28. The number of nitrogens with one attached hydrogen (secondary N) is 1. The van der Waals surface area contributed by atoms with Crippen LogP contribution in [0.5, 0.6) is 5.75 Å². The molecule has 0 aromatic heterocycles. The van der Waals surface area contributed by atoms with Crippen LogP contribution in [-0.4, -0.2) is 17.6 Å². The van der Waals surface area contributed by atoms with Gasteiger partial charge in [0, 0.05) is 5.54 Å². The van der Waals surface area contributed by atoms with Gasteiger partial charge in [0.05, 0.1) is 0 Å². The van der Waals surface area contributed by atoms with E-state index < -0.39 is 6.10 Å². The van der Waals surface area contributed by atoms with Crippen molar-refractivity contribution in [2.75, 3.05) is 0 Å². The molecule has 1 unspecified atom stereocenters.